The highest BCUT2D eigenvalue weighted by atomic mass is 32.1. The summed E-state index contributed by atoms with van der Waals surface area (Å²) in [7, 11) is 1.55. The van der Waals surface area contributed by atoms with Gasteiger partial charge in [-0.25, -0.2) is 9.79 Å². The molecule has 2 aromatic carbocycles. The first-order chi connectivity index (χ1) is 16.8. The molecule has 5 rings (SSSR count). The van der Waals surface area contributed by atoms with Crippen molar-refractivity contribution in [3.05, 3.63) is 90.6 Å². The lowest BCUT2D eigenvalue weighted by atomic mass is 9.95. The summed E-state index contributed by atoms with van der Waals surface area (Å²) in [5, 5.41) is 2.82. The number of benzene rings is 2. The van der Waals surface area contributed by atoms with Gasteiger partial charge in [0.1, 0.15) is 10.3 Å². The quantitative estimate of drug-likeness (QED) is 0.568. The van der Waals surface area contributed by atoms with Gasteiger partial charge >= 0.3 is 5.97 Å². The van der Waals surface area contributed by atoms with E-state index >= 15 is 0 Å². The van der Waals surface area contributed by atoms with Gasteiger partial charge in [-0.3, -0.25) is 14.2 Å². The van der Waals surface area contributed by atoms with Crippen molar-refractivity contribution >= 4 is 34.5 Å². The molecule has 0 radical (unpaired) electrons. The Labute approximate surface area is 204 Å². The summed E-state index contributed by atoms with van der Waals surface area (Å²) in [6.45, 7) is 5.25. The second kappa shape index (κ2) is 8.66. The molecule has 0 bridgehead atoms. The second-order valence-corrected chi connectivity index (χ2v) is 9.49. The Morgan fingerprint density at radius 1 is 1.14 bits per heavy atom. The van der Waals surface area contributed by atoms with Gasteiger partial charge in [0.15, 0.2) is 4.80 Å². The minimum atomic E-state index is -0.790. The van der Waals surface area contributed by atoms with Crippen LogP contribution in [0.15, 0.2) is 69.6 Å². The van der Waals surface area contributed by atoms with Crippen LogP contribution in [0.5, 0.6) is 5.75 Å². The Hall–Kier alpha value is -3.98. The van der Waals surface area contributed by atoms with Crippen molar-refractivity contribution in [2.45, 2.75) is 32.9 Å². The summed E-state index contributed by atoms with van der Waals surface area (Å²) >= 11 is 1.13. The highest BCUT2D eigenvalue weighted by molar-refractivity contribution is 7.07. The monoisotopic (exact) mass is 489 g/mol. The van der Waals surface area contributed by atoms with Gasteiger partial charge in [0.25, 0.3) is 11.5 Å². The molecule has 1 N–H and O–H groups in total. The first-order valence-corrected chi connectivity index (χ1v) is 11.9. The first kappa shape index (κ1) is 22.8. The van der Waals surface area contributed by atoms with Gasteiger partial charge < -0.3 is 14.8 Å². The Morgan fingerprint density at radius 3 is 2.66 bits per heavy atom. The molecule has 0 fully saturated rings. The Balaban J connectivity index is 1.81. The van der Waals surface area contributed by atoms with E-state index in [1.54, 1.807) is 58.2 Å². The summed E-state index contributed by atoms with van der Waals surface area (Å²) in [6, 6.07) is 13.6. The first-order valence-electron chi connectivity index (χ1n) is 11.1. The fraction of sp³-hybridized carbons (Fsp3) is 0.231. The van der Waals surface area contributed by atoms with Crippen LogP contribution in [0.2, 0.25) is 0 Å². The molecule has 178 valence electrons. The van der Waals surface area contributed by atoms with Crippen LogP contribution in [0.4, 0.5) is 5.69 Å². The SMILES string of the molecule is COc1cccc(C2C(C(=O)OC(C)C)=C(C)N=c3s/c(=C4\C(=O)Nc5ccccc54)c(=O)n32)c1. The number of thiazole rings is 1. The summed E-state index contributed by atoms with van der Waals surface area (Å²) in [6.07, 6.45) is -0.348. The van der Waals surface area contributed by atoms with Gasteiger partial charge in [-0.15, -0.1) is 0 Å². The maximum atomic E-state index is 13.9. The fourth-order valence-electron chi connectivity index (χ4n) is 4.38. The maximum Gasteiger partial charge on any atom is 0.338 e. The number of hydrogen-bond acceptors (Lipinski definition) is 7. The smallest absolute Gasteiger partial charge is 0.338 e. The Bertz CT molecular complexity index is 1600. The fourth-order valence-corrected chi connectivity index (χ4v) is 5.52. The van der Waals surface area contributed by atoms with E-state index in [0.717, 1.165) is 11.3 Å². The number of carbonyl (C=O) groups excluding carboxylic acids is 2. The average molecular weight is 490 g/mol. The number of carbonyl (C=O) groups is 2. The molecule has 2 aliphatic rings. The van der Waals surface area contributed by atoms with Crippen molar-refractivity contribution in [2.24, 2.45) is 4.99 Å². The minimum absolute atomic E-state index is 0.269. The van der Waals surface area contributed by atoms with Crippen LogP contribution in [-0.4, -0.2) is 29.7 Å². The van der Waals surface area contributed by atoms with Gasteiger partial charge in [0, 0.05) is 11.3 Å². The highest BCUT2D eigenvalue weighted by Crippen LogP contribution is 2.33. The van der Waals surface area contributed by atoms with E-state index in [-0.39, 0.29) is 22.1 Å². The van der Waals surface area contributed by atoms with E-state index in [4.69, 9.17) is 9.47 Å². The van der Waals surface area contributed by atoms with E-state index in [0.29, 0.717) is 38.6 Å². The molecule has 2 aliphatic heterocycles. The van der Waals surface area contributed by atoms with Gasteiger partial charge in [0.05, 0.1) is 36.1 Å². The molecule has 35 heavy (non-hydrogen) atoms. The lowest BCUT2D eigenvalue weighted by Crippen LogP contribution is -2.40. The third-order valence-corrected chi connectivity index (χ3v) is 6.92. The van der Waals surface area contributed by atoms with E-state index < -0.39 is 17.6 Å². The molecule has 1 unspecified atom stereocenters. The molecule has 9 heteroatoms. The molecule has 1 amide bonds. The van der Waals surface area contributed by atoms with Crippen molar-refractivity contribution in [1.82, 2.24) is 4.57 Å². The predicted molar refractivity (Wildman–Crippen MR) is 132 cm³/mol. The molecule has 3 heterocycles. The van der Waals surface area contributed by atoms with Gasteiger partial charge in [-0.1, -0.05) is 41.7 Å². The molecule has 0 spiro atoms. The van der Waals surface area contributed by atoms with Crippen LogP contribution in [0.25, 0.3) is 5.57 Å². The number of para-hydroxylation sites is 1. The van der Waals surface area contributed by atoms with E-state index in [9.17, 15) is 14.4 Å². The number of fused-ring (bicyclic) bond motifs is 2. The van der Waals surface area contributed by atoms with E-state index in [1.165, 1.54) is 4.57 Å². The molecule has 0 aliphatic carbocycles. The van der Waals surface area contributed by atoms with Gasteiger partial charge in [-0.2, -0.15) is 0 Å². The molecule has 0 saturated heterocycles. The van der Waals surface area contributed by atoms with Crippen LogP contribution >= 0.6 is 11.3 Å². The zero-order valence-electron chi connectivity index (χ0n) is 19.6. The van der Waals surface area contributed by atoms with E-state index in [1.807, 2.05) is 18.2 Å². The van der Waals surface area contributed by atoms with Crippen LogP contribution in [0.1, 0.15) is 37.9 Å². The zero-order chi connectivity index (χ0) is 24.9. The number of nitrogens with one attached hydrogen (secondary N) is 1. The summed E-state index contributed by atoms with van der Waals surface area (Å²) in [5.41, 5.74) is 2.62. The van der Waals surface area contributed by atoms with Crippen molar-refractivity contribution in [3.63, 3.8) is 0 Å². The Kier molecular flexibility index (Phi) is 5.64. The number of hydrogen-bond donors (Lipinski definition) is 1. The molecule has 8 nitrogen and oxygen atoms in total. The van der Waals surface area contributed by atoms with Crippen LogP contribution in [-0.2, 0) is 14.3 Å². The molecule has 1 atom stereocenters. The number of ether oxygens (including phenoxy) is 2. The molecular weight excluding hydrogens is 466 g/mol. The number of rotatable bonds is 4. The lowest BCUT2D eigenvalue weighted by molar-refractivity contribution is -0.143. The topological polar surface area (TPSA) is 99.0 Å². The van der Waals surface area contributed by atoms with Crippen LogP contribution in [0, 0.1) is 0 Å². The number of anilines is 1. The third kappa shape index (κ3) is 3.77. The van der Waals surface area contributed by atoms with Crippen molar-refractivity contribution in [3.8, 4) is 5.75 Å². The van der Waals surface area contributed by atoms with Crippen molar-refractivity contribution in [2.75, 3.05) is 12.4 Å². The molecule has 0 saturated carbocycles. The standard InChI is InChI=1S/C26H23N3O5S/c1-13(2)34-25(32)19-14(3)27-26-29(21(19)15-8-7-9-16(12-15)33-4)24(31)22(35-26)20-17-10-5-6-11-18(17)28-23(20)30/h5-13,21H,1-4H3,(H,28,30)/b22-20-. The molecule has 1 aromatic heterocycles. The summed E-state index contributed by atoms with van der Waals surface area (Å²) < 4.78 is 12.7. The normalized spacial score (nSPS) is 18.1. The van der Waals surface area contributed by atoms with Gasteiger partial charge in [0.2, 0.25) is 0 Å². The maximum absolute atomic E-state index is 13.9. The number of methoxy groups -OCH3 is 1. The van der Waals surface area contributed by atoms with Crippen LogP contribution < -0.4 is 24.9 Å². The third-order valence-electron chi connectivity index (χ3n) is 5.87. The lowest BCUT2D eigenvalue weighted by Gasteiger charge is -2.25. The van der Waals surface area contributed by atoms with Crippen molar-refractivity contribution in [1.29, 1.82) is 0 Å². The van der Waals surface area contributed by atoms with E-state index in [2.05, 4.69) is 10.3 Å². The number of amides is 1. The highest BCUT2D eigenvalue weighted by Gasteiger charge is 2.35. The minimum Gasteiger partial charge on any atom is -0.497 e. The number of esters is 1. The number of allylic oxidation sites excluding steroid dienone is 1. The average Bonchev–Trinajstić information content (AvgIpc) is 3.32. The predicted octanol–water partition coefficient (Wildman–Crippen LogP) is 2.52. The zero-order valence-corrected chi connectivity index (χ0v) is 20.4. The van der Waals surface area contributed by atoms with Crippen molar-refractivity contribution < 1.29 is 19.1 Å². The number of nitrogens with zero attached hydrogens (tertiary/aromatic N) is 2. The van der Waals surface area contributed by atoms with Gasteiger partial charge in [-0.05, 0) is 44.5 Å². The summed E-state index contributed by atoms with van der Waals surface area (Å²) in [4.78, 5) is 45.0. The second-order valence-electron chi connectivity index (χ2n) is 8.51. The largest absolute Gasteiger partial charge is 0.497 e. The molecular formula is C26H23N3O5S. The number of aromatic nitrogens is 1. The van der Waals surface area contributed by atoms with Crippen LogP contribution in [0.3, 0.4) is 0 Å². The Morgan fingerprint density at radius 2 is 1.91 bits per heavy atom. The molecule has 3 aromatic rings. The summed E-state index contributed by atoms with van der Waals surface area (Å²) in [5.74, 6) is -0.303.